The lowest BCUT2D eigenvalue weighted by molar-refractivity contribution is 0.809. The van der Waals surface area contributed by atoms with Gasteiger partial charge in [0.2, 0.25) is 0 Å². The molecule has 1 aliphatic heterocycles. The van der Waals surface area contributed by atoms with E-state index < -0.39 is 0 Å². The number of thioether (sulfide) groups is 1. The Hall–Kier alpha value is -1.50. The smallest absolute Gasteiger partial charge is 0.193 e. The Balaban J connectivity index is 0.00000182. The fourth-order valence-electron chi connectivity index (χ4n) is 2.66. The van der Waals surface area contributed by atoms with E-state index in [0.717, 1.165) is 32.3 Å². The molecule has 25 heavy (non-hydrogen) atoms. The lowest BCUT2D eigenvalue weighted by Crippen LogP contribution is -2.17. The van der Waals surface area contributed by atoms with Crippen molar-refractivity contribution in [3.05, 3.63) is 75.2 Å². The van der Waals surface area contributed by atoms with Crippen LogP contribution in [0.4, 0.5) is 0 Å². The van der Waals surface area contributed by atoms with E-state index in [-0.39, 0.29) is 17.0 Å². The summed E-state index contributed by atoms with van der Waals surface area (Å²) in [6, 6.07) is 16.9. The van der Waals surface area contributed by atoms with Gasteiger partial charge < -0.3 is 0 Å². The molecule has 4 rings (SSSR count). The van der Waals surface area contributed by atoms with E-state index in [9.17, 15) is 0 Å². The number of fused-ring (bicyclic) bond motifs is 1. The minimum absolute atomic E-state index is 0. The number of hydrogen-bond donors (Lipinski definition) is 1. The lowest BCUT2D eigenvalue weighted by atomic mass is 10.1. The lowest BCUT2D eigenvalue weighted by Gasteiger charge is -2.18. The molecule has 0 radical (unpaired) electrons. The highest BCUT2D eigenvalue weighted by Gasteiger charge is 2.21. The predicted octanol–water partition coefficient (Wildman–Crippen LogP) is 6.16. The van der Waals surface area contributed by atoms with Gasteiger partial charge in [0, 0.05) is 11.0 Å². The zero-order valence-corrected chi connectivity index (χ0v) is 17.9. The van der Waals surface area contributed by atoms with E-state index in [4.69, 9.17) is 4.98 Å². The number of rotatable bonds is 2. The summed E-state index contributed by atoms with van der Waals surface area (Å²) in [5.41, 5.74) is 10.2. The van der Waals surface area contributed by atoms with E-state index in [0.29, 0.717) is 0 Å². The molecule has 1 aromatic heterocycles. The van der Waals surface area contributed by atoms with Gasteiger partial charge in [0.1, 0.15) is 10.3 Å². The molecule has 128 valence electrons. The third-order valence-corrected chi connectivity index (χ3v) is 5.53. The second-order valence-corrected chi connectivity index (χ2v) is 7.45. The topological polar surface area (TPSA) is 29.9 Å². The van der Waals surface area contributed by atoms with Gasteiger partial charge in [-0.25, -0.2) is 9.66 Å². The number of halogens is 2. The van der Waals surface area contributed by atoms with Gasteiger partial charge in [-0.05, 0) is 41.4 Å². The summed E-state index contributed by atoms with van der Waals surface area (Å²) in [6.45, 7) is 4.19. The minimum Gasteiger partial charge on any atom is -0.290 e. The van der Waals surface area contributed by atoms with Crippen molar-refractivity contribution in [2.45, 2.75) is 19.0 Å². The predicted molar refractivity (Wildman–Crippen MR) is 115 cm³/mol. The van der Waals surface area contributed by atoms with Gasteiger partial charge >= 0.3 is 0 Å². The number of aromatic nitrogens is 2. The largest absolute Gasteiger partial charge is 0.290 e. The first-order chi connectivity index (χ1) is 11.6. The van der Waals surface area contributed by atoms with Crippen molar-refractivity contribution < 1.29 is 0 Å². The zero-order chi connectivity index (χ0) is 16.7. The Kier molecular flexibility index (Phi) is 5.41. The fraction of sp³-hybridized carbons (Fsp3) is 0.105. The monoisotopic (exact) mass is 477 g/mol. The van der Waals surface area contributed by atoms with Crippen molar-refractivity contribution in [2.75, 3.05) is 5.43 Å². The maximum atomic E-state index is 4.78. The van der Waals surface area contributed by atoms with Crippen LogP contribution in [0.5, 0.6) is 0 Å². The molecule has 0 unspecified atom stereocenters. The van der Waals surface area contributed by atoms with Gasteiger partial charge in [-0.15, -0.1) is 17.0 Å². The van der Waals surface area contributed by atoms with Crippen LogP contribution in [0.1, 0.15) is 16.7 Å². The van der Waals surface area contributed by atoms with Gasteiger partial charge in [-0.2, -0.15) is 0 Å². The third-order valence-electron chi connectivity index (χ3n) is 3.96. The second kappa shape index (κ2) is 7.40. The van der Waals surface area contributed by atoms with E-state index in [1.807, 2.05) is 4.68 Å². The van der Waals surface area contributed by atoms with Crippen molar-refractivity contribution >= 4 is 50.4 Å². The third kappa shape index (κ3) is 3.57. The number of nitrogens with zero attached hydrogens (tertiary/aromatic N) is 2. The fourth-order valence-corrected chi connectivity index (χ4v) is 4.15. The first-order valence-electron chi connectivity index (χ1n) is 7.68. The van der Waals surface area contributed by atoms with Crippen molar-refractivity contribution in [1.82, 2.24) is 9.66 Å². The molecule has 0 fully saturated rings. The van der Waals surface area contributed by atoms with Gasteiger partial charge in [-0.3, -0.25) is 5.43 Å². The minimum atomic E-state index is 0. The van der Waals surface area contributed by atoms with Gasteiger partial charge in [0.05, 0.1) is 5.70 Å². The highest BCUT2D eigenvalue weighted by molar-refractivity contribution is 9.10. The molecule has 0 amide bonds. The molecule has 6 heteroatoms. The highest BCUT2D eigenvalue weighted by atomic mass is 79.9. The SMILES string of the molecule is Br.Cc1ccc(C2=CSc3nc(-c4cccc(C)c4)c(Br)n3N2)cc1. The summed E-state index contributed by atoms with van der Waals surface area (Å²) in [6.07, 6.45) is 0. The van der Waals surface area contributed by atoms with Crippen molar-refractivity contribution in [3.8, 4) is 11.3 Å². The number of imidazole rings is 1. The summed E-state index contributed by atoms with van der Waals surface area (Å²) >= 11 is 5.33. The number of benzene rings is 2. The van der Waals surface area contributed by atoms with Crippen LogP contribution in [-0.2, 0) is 0 Å². The van der Waals surface area contributed by atoms with Crippen LogP contribution in [-0.4, -0.2) is 9.66 Å². The standard InChI is InChI=1S/C19H16BrN3S.BrH/c1-12-6-8-14(9-7-12)16-11-24-19-21-17(18(20)23(19)22-16)15-5-3-4-13(2)10-15;/h3-11,22H,1-2H3;1H. The molecule has 0 bridgehead atoms. The first kappa shape index (κ1) is 18.3. The maximum Gasteiger partial charge on any atom is 0.193 e. The van der Waals surface area contributed by atoms with Crippen molar-refractivity contribution in [3.63, 3.8) is 0 Å². The van der Waals surface area contributed by atoms with Crippen LogP contribution in [0.15, 0.2) is 63.7 Å². The van der Waals surface area contributed by atoms with E-state index in [1.54, 1.807) is 11.8 Å². The van der Waals surface area contributed by atoms with Gasteiger partial charge in [0.25, 0.3) is 0 Å². The Morgan fingerprint density at radius 2 is 1.76 bits per heavy atom. The number of hydrogen-bond acceptors (Lipinski definition) is 3. The Labute approximate surface area is 170 Å². The Bertz CT molecular complexity index is 946. The van der Waals surface area contributed by atoms with Crippen LogP contribution in [0.3, 0.4) is 0 Å². The van der Waals surface area contributed by atoms with E-state index >= 15 is 0 Å². The van der Waals surface area contributed by atoms with Gasteiger partial charge in [0.15, 0.2) is 5.16 Å². The van der Waals surface area contributed by atoms with E-state index in [2.05, 4.69) is 89.1 Å². The molecular weight excluding hydrogens is 462 g/mol. The molecule has 3 aromatic rings. The molecule has 2 aromatic carbocycles. The van der Waals surface area contributed by atoms with Crippen molar-refractivity contribution in [1.29, 1.82) is 0 Å². The van der Waals surface area contributed by atoms with Crippen LogP contribution < -0.4 is 5.43 Å². The molecule has 0 saturated carbocycles. The molecule has 1 aliphatic rings. The Morgan fingerprint density at radius 3 is 2.48 bits per heavy atom. The Morgan fingerprint density at radius 1 is 1.00 bits per heavy atom. The number of aryl methyl sites for hydroxylation is 2. The van der Waals surface area contributed by atoms with Crippen LogP contribution in [0, 0.1) is 13.8 Å². The molecular formula is C19H17Br2N3S. The molecule has 0 aliphatic carbocycles. The molecule has 0 atom stereocenters. The summed E-state index contributed by atoms with van der Waals surface area (Å²) < 4.78 is 2.94. The molecule has 3 nitrogen and oxygen atoms in total. The average Bonchev–Trinajstić information content (AvgIpc) is 2.92. The molecule has 1 N–H and O–H groups in total. The quantitative estimate of drug-likeness (QED) is 0.478. The first-order valence-corrected chi connectivity index (χ1v) is 9.35. The molecule has 0 saturated heterocycles. The molecule has 0 spiro atoms. The molecule has 2 heterocycles. The van der Waals surface area contributed by atoms with Crippen LogP contribution in [0.2, 0.25) is 0 Å². The average molecular weight is 479 g/mol. The summed E-state index contributed by atoms with van der Waals surface area (Å²) in [4.78, 5) is 4.78. The van der Waals surface area contributed by atoms with Crippen LogP contribution >= 0.6 is 44.7 Å². The summed E-state index contributed by atoms with van der Waals surface area (Å²) in [7, 11) is 0. The van der Waals surface area contributed by atoms with E-state index in [1.165, 1.54) is 11.1 Å². The maximum absolute atomic E-state index is 4.78. The normalized spacial score (nSPS) is 12.7. The zero-order valence-electron chi connectivity index (χ0n) is 13.8. The van der Waals surface area contributed by atoms with Crippen LogP contribution in [0.25, 0.3) is 17.0 Å². The second-order valence-electron chi connectivity index (χ2n) is 5.87. The summed E-state index contributed by atoms with van der Waals surface area (Å²) in [5.74, 6) is 0. The highest BCUT2D eigenvalue weighted by Crippen LogP contribution is 2.36. The summed E-state index contributed by atoms with van der Waals surface area (Å²) in [5, 5.41) is 3.04. The van der Waals surface area contributed by atoms with Crippen molar-refractivity contribution in [2.24, 2.45) is 0 Å². The van der Waals surface area contributed by atoms with Gasteiger partial charge in [-0.1, -0.05) is 65.4 Å². The number of nitrogens with one attached hydrogen (secondary N) is 1.